The molecule has 0 aliphatic carbocycles. The van der Waals surface area contributed by atoms with E-state index >= 15 is 0 Å². The second-order valence-electron chi connectivity index (χ2n) is 7.41. The number of esters is 1. The van der Waals surface area contributed by atoms with Gasteiger partial charge in [-0.25, -0.2) is 4.79 Å². The van der Waals surface area contributed by atoms with Gasteiger partial charge in [0.15, 0.2) is 0 Å². The zero-order valence-electron chi connectivity index (χ0n) is 15.5. The van der Waals surface area contributed by atoms with Crippen molar-refractivity contribution in [2.75, 3.05) is 6.54 Å². The minimum absolute atomic E-state index is 0.0649. The van der Waals surface area contributed by atoms with Crippen LogP contribution in [0, 0.1) is 11.3 Å². The summed E-state index contributed by atoms with van der Waals surface area (Å²) >= 11 is 0. The topological polar surface area (TPSA) is 92.7 Å². The molecule has 0 aromatic heterocycles. The number of rotatable bonds is 11. The van der Waals surface area contributed by atoms with Crippen molar-refractivity contribution in [3.8, 4) is 0 Å². The predicted octanol–water partition coefficient (Wildman–Crippen LogP) is 2.92. The molecule has 0 radical (unpaired) electrons. The van der Waals surface area contributed by atoms with Crippen molar-refractivity contribution in [3.63, 3.8) is 0 Å². The first-order valence-corrected chi connectivity index (χ1v) is 8.30. The number of carbonyl (C=O) groups is 3. The highest BCUT2D eigenvalue weighted by molar-refractivity contribution is 5.85. The first-order valence-electron chi connectivity index (χ1n) is 8.30. The van der Waals surface area contributed by atoms with E-state index in [9.17, 15) is 14.4 Å². The molecule has 0 saturated heterocycles. The standard InChI is InChI=1S/C18H31NO5/c1-12(2)24-16(21)10-18(5,6)11-19-15(20)9-13(3)7-8-14(4)17(22)23/h12-13H,4,7-11H2,1-3,5-6H3,(H,19,20)(H,22,23). The first kappa shape index (κ1) is 22.1. The number of carboxylic acid groups (broad SMARTS) is 1. The Morgan fingerprint density at radius 3 is 2.29 bits per heavy atom. The summed E-state index contributed by atoms with van der Waals surface area (Å²) < 4.78 is 5.12. The van der Waals surface area contributed by atoms with Crippen LogP contribution in [0.4, 0.5) is 0 Å². The van der Waals surface area contributed by atoms with Gasteiger partial charge in [-0.2, -0.15) is 0 Å². The van der Waals surface area contributed by atoms with Gasteiger partial charge in [-0.3, -0.25) is 9.59 Å². The van der Waals surface area contributed by atoms with E-state index < -0.39 is 5.97 Å². The molecule has 0 saturated carbocycles. The van der Waals surface area contributed by atoms with E-state index in [1.807, 2.05) is 20.8 Å². The zero-order chi connectivity index (χ0) is 18.9. The highest BCUT2D eigenvalue weighted by Gasteiger charge is 2.24. The van der Waals surface area contributed by atoms with Gasteiger partial charge in [0.05, 0.1) is 12.5 Å². The second-order valence-corrected chi connectivity index (χ2v) is 7.41. The lowest BCUT2D eigenvalue weighted by atomic mass is 9.89. The number of hydrogen-bond donors (Lipinski definition) is 2. The predicted molar refractivity (Wildman–Crippen MR) is 92.4 cm³/mol. The number of ether oxygens (including phenoxy) is 1. The molecule has 1 unspecified atom stereocenters. The summed E-state index contributed by atoms with van der Waals surface area (Å²) in [6, 6.07) is 0. The van der Waals surface area contributed by atoms with Gasteiger partial charge in [0.1, 0.15) is 0 Å². The number of amides is 1. The molecule has 1 atom stereocenters. The van der Waals surface area contributed by atoms with Gasteiger partial charge in [0.2, 0.25) is 5.91 Å². The molecule has 24 heavy (non-hydrogen) atoms. The molecule has 1 amide bonds. The third kappa shape index (κ3) is 10.8. The summed E-state index contributed by atoms with van der Waals surface area (Å²) in [5, 5.41) is 11.6. The molecule has 0 aliphatic heterocycles. The van der Waals surface area contributed by atoms with Crippen LogP contribution in [0.1, 0.15) is 60.3 Å². The molecular weight excluding hydrogens is 310 g/mol. The molecule has 6 heteroatoms. The normalized spacial score (nSPS) is 12.6. The van der Waals surface area contributed by atoms with Gasteiger partial charge < -0.3 is 15.2 Å². The SMILES string of the molecule is C=C(CCC(C)CC(=O)NCC(C)(C)CC(=O)OC(C)C)C(=O)O. The quantitative estimate of drug-likeness (QED) is 0.445. The third-order valence-corrected chi connectivity index (χ3v) is 3.53. The van der Waals surface area contributed by atoms with Gasteiger partial charge in [0, 0.05) is 18.5 Å². The molecule has 0 heterocycles. The molecule has 0 aromatic carbocycles. The van der Waals surface area contributed by atoms with Crippen LogP contribution in [0.3, 0.4) is 0 Å². The maximum Gasteiger partial charge on any atom is 0.330 e. The van der Waals surface area contributed by atoms with Crippen LogP contribution in [-0.2, 0) is 19.1 Å². The summed E-state index contributed by atoms with van der Waals surface area (Å²) in [5.41, 5.74) is -0.227. The Kier molecular flexibility index (Phi) is 9.33. The average Bonchev–Trinajstić information content (AvgIpc) is 2.40. The largest absolute Gasteiger partial charge is 0.478 e. The van der Waals surface area contributed by atoms with Crippen molar-refractivity contribution in [1.29, 1.82) is 0 Å². The van der Waals surface area contributed by atoms with Crippen molar-refractivity contribution in [3.05, 3.63) is 12.2 Å². The van der Waals surface area contributed by atoms with E-state index in [4.69, 9.17) is 9.84 Å². The van der Waals surface area contributed by atoms with Crippen molar-refractivity contribution in [2.45, 2.75) is 66.4 Å². The molecule has 0 rings (SSSR count). The Morgan fingerprint density at radius 2 is 1.79 bits per heavy atom. The fourth-order valence-corrected chi connectivity index (χ4v) is 2.11. The Bertz CT molecular complexity index is 468. The van der Waals surface area contributed by atoms with E-state index in [0.29, 0.717) is 25.8 Å². The van der Waals surface area contributed by atoms with Crippen LogP contribution in [0.25, 0.3) is 0 Å². The van der Waals surface area contributed by atoms with Gasteiger partial charge in [0.25, 0.3) is 0 Å². The van der Waals surface area contributed by atoms with Gasteiger partial charge in [-0.1, -0.05) is 27.4 Å². The summed E-state index contributed by atoms with van der Waals surface area (Å²) in [6.45, 7) is 13.2. The maximum atomic E-state index is 12.0. The fourth-order valence-electron chi connectivity index (χ4n) is 2.11. The summed E-state index contributed by atoms with van der Waals surface area (Å²) in [7, 11) is 0. The number of carboxylic acids is 1. The summed E-state index contributed by atoms with van der Waals surface area (Å²) in [4.78, 5) is 34.4. The van der Waals surface area contributed by atoms with E-state index in [1.54, 1.807) is 13.8 Å². The maximum absolute atomic E-state index is 12.0. The molecule has 0 spiro atoms. The lowest BCUT2D eigenvalue weighted by Gasteiger charge is -2.24. The molecule has 0 aliphatic rings. The molecule has 138 valence electrons. The minimum atomic E-state index is -0.998. The first-order chi connectivity index (χ1) is 10.9. The fraction of sp³-hybridized carbons (Fsp3) is 0.722. The molecular formula is C18H31NO5. The van der Waals surface area contributed by atoms with Crippen LogP contribution < -0.4 is 5.32 Å². The minimum Gasteiger partial charge on any atom is -0.478 e. The molecule has 0 bridgehead atoms. The lowest BCUT2D eigenvalue weighted by molar-refractivity contribution is -0.150. The summed E-state index contributed by atoms with van der Waals surface area (Å²) in [6.07, 6.45) is 1.38. The van der Waals surface area contributed by atoms with Gasteiger partial charge in [-0.05, 0) is 38.0 Å². The van der Waals surface area contributed by atoms with Crippen LogP contribution in [0.2, 0.25) is 0 Å². The monoisotopic (exact) mass is 341 g/mol. The van der Waals surface area contributed by atoms with Crippen LogP contribution in [-0.4, -0.2) is 35.6 Å². The Morgan fingerprint density at radius 1 is 1.21 bits per heavy atom. The number of nitrogens with one attached hydrogen (secondary N) is 1. The van der Waals surface area contributed by atoms with E-state index in [1.165, 1.54) is 0 Å². The smallest absolute Gasteiger partial charge is 0.330 e. The van der Waals surface area contributed by atoms with Crippen molar-refractivity contribution < 1.29 is 24.2 Å². The zero-order valence-corrected chi connectivity index (χ0v) is 15.5. The second kappa shape index (κ2) is 10.1. The van der Waals surface area contributed by atoms with E-state index in [0.717, 1.165) is 0 Å². The van der Waals surface area contributed by atoms with Gasteiger partial charge in [-0.15, -0.1) is 0 Å². The molecule has 2 N–H and O–H groups in total. The molecule has 0 aromatic rings. The Labute approximate surface area is 144 Å². The van der Waals surface area contributed by atoms with Crippen molar-refractivity contribution >= 4 is 17.8 Å². The van der Waals surface area contributed by atoms with E-state index in [-0.39, 0.29) is 41.3 Å². The highest BCUT2D eigenvalue weighted by atomic mass is 16.5. The Balaban J connectivity index is 4.16. The Hall–Kier alpha value is -1.85. The third-order valence-electron chi connectivity index (χ3n) is 3.53. The number of carbonyl (C=O) groups excluding carboxylic acids is 2. The van der Waals surface area contributed by atoms with Crippen molar-refractivity contribution in [1.82, 2.24) is 5.32 Å². The number of aliphatic carboxylic acids is 1. The van der Waals surface area contributed by atoms with Crippen LogP contribution >= 0.6 is 0 Å². The molecule has 6 nitrogen and oxygen atoms in total. The average molecular weight is 341 g/mol. The van der Waals surface area contributed by atoms with E-state index in [2.05, 4.69) is 11.9 Å². The van der Waals surface area contributed by atoms with Gasteiger partial charge >= 0.3 is 11.9 Å². The highest BCUT2D eigenvalue weighted by Crippen LogP contribution is 2.21. The lowest BCUT2D eigenvalue weighted by Crippen LogP contribution is -2.36. The summed E-state index contributed by atoms with van der Waals surface area (Å²) in [5.74, 6) is -1.31. The van der Waals surface area contributed by atoms with Crippen LogP contribution in [0.5, 0.6) is 0 Å². The molecule has 0 fully saturated rings. The van der Waals surface area contributed by atoms with Crippen LogP contribution in [0.15, 0.2) is 12.2 Å². The number of hydrogen-bond acceptors (Lipinski definition) is 4. The van der Waals surface area contributed by atoms with Crippen molar-refractivity contribution in [2.24, 2.45) is 11.3 Å².